The number of ether oxygens (including phenoxy) is 2. The normalized spacial score (nSPS) is 12.0. The molecule has 0 aliphatic rings. The van der Waals surface area contributed by atoms with Crippen molar-refractivity contribution in [1.82, 2.24) is 19.7 Å². The molecule has 2 heterocycles. The second-order valence-electron chi connectivity index (χ2n) is 7.40. The summed E-state index contributed by atoms with van der Waals surface area (Å²) in [7, 11) is 5.06. The molecule has 0 saturated heterocycles. The molecule has 32 heavy (non-hydrogen) atoms. The van der Waals surface area contributed by atoms with Crippen LogP contribution in [0, 0.1) is 0 Å². The largest absolute Gasteiger partial charge is 0.497 e. The van der Waals surface area contributed by atoms with Crippen LogP contribution in [0.1, 0.15) is 0 Å². The van der Waals surface area contributed by atoms with Gasteiger partial charge in [-0.05, 0) is 18.2 Å². The molecule has 4 rings (SSSR count). The second kappa shape index (κ2) is 9.21. The van der Waals surface area contributed by atoms with E-state index in [0.717, 1.165) is 33.7 Å². The van der Waals surface area contributed by atoms with E-state index in [1.807, 2.05) is 48.5 Å². The van der Waals surface area contributed by atoms with Gasteiger partial charge in [-0.3, -0.25) is 9.67 Å². The smallest absolute Gasteiger partial charge is 0.124 e. The molecule has 9 nitrogen and oxygen atoms in total. The Hall–Kier alpha value is -3.69. The van der Waals surface area contributed by atoms with Crippen LogP contribution in [0.4, 0.5) is 11.4 Å². The molecule has 0 bridgehead atoms. The SMILES string of the molecule is COc1cc(OC)cc(N(CC(O)CN)c2ccc3ncc(-c4cnn(C)c4)nc3c2)c1. The molecule has 0 amide bonds. The van der Waals surface area contributed by atoms with Crippen LogP contribution in [0.3, 0.4) is 0 Å². The molecule has 2 aromatic heterocycles. The molecule has 3 N–H and O–H groups in total. The number of rotatable bonds is 8. The van der Waals surface area contributed by atoms with Gasteiger partial charge in [0, 0.05) is 54.9 Å². The first kappa shape index (κ1) is 21.5. The Balaban J connectivity index is 1.80. The lowest BCUT2D eigenvalue weighted by molar-refractivity contribution is 0.191. The van der Waals surface area contributed by atoms with Crippen LogP contribution in [-0.2, 0) is 7.05 Å². The van der Waals surface area contributed by atoms with E-state index >= 15 is 0 Å². The zero-order chi connectivity index (χ0) is 22.7. The summed E-state index contributed by atoms with van der Waals surface area (Å²) >= 11 is 0. The van der Waals surface area contributed by atoms with Gasteiger partial charge >= 0.3 is 0 Å². The number of aliphatic hydroxyl groups excluding tert-OH is 1. The lowest BCUT2D eigenvalue weighted by atomic mass is 10.1. The molecule has 9 heteroatoms. The standard InChI is InChI=1S/C23H26N6O3/c1-28-13-15(11-26-28)23-12-25-21-5-4-16(8-22(21)27-23)29(14-18(30)10-24)17-6-19(31-2)9-20(7-17)32-3/h4-9,11-13,18,30H,10,14,24H2,1-3H3. The number of hydrogen-bond donors (Lipinski definition) is 2. The number of fused-ring (bicyclic) bond motifs is 1. The number of aliphatic hydroxyl groups is 1. The van der Waals surface area contributed by atoms with Gasteiger partial charge in [0.25, 0.3) is 0 Å². The minimum atomic E-state index is -0.726. The predicted octanol–water partition coefficient (Wildman–Crippen LogP) is 2.51. The van der Waals surface area contributed by atoms with E-state index in [-0.39, 0.29) is 13.1 Å². The number of nitrogens with two attached hydrogens (primary N) is 1. The highest BCUT2D eigenvalue weighted by molar-refractivity contribution is 5.82. The van der Waals surface area contributed by atoms with Crippen molar-refractivity contribution in [3.05, 3.63) is 55.0 Å². The number of benzene rings is 2. The molecule has 0 radical (unpaired) electrons. The third-order valence-electron chi connectivity index (χ3n) is 5.15. The van der Waals surface area contributed by atoms with E-state index in [9.17, 15) is 5.11 Å². The van der Waals surface area contributed by atoms with Gasteiger partial charge in [0.05, 0.1) is 56.0 Å². The van der Waals surface area contributed by atoms with Crippen molar-refractivity contribution in [2.75, 3.05) is 32.2 Å². The van der Waals surface area contributed by atoms with E-state index in [1.54, 1.807) is 37.4 Å². The highest BCUT2D eigenvalue weighted by atomic mass is 16.5. The zero-order valence-corrected chi connectivity index (χ0v) is 18.3. The summed E-state index contributed by atoms with van der Waals surface area (Å²) in [6.07, 6.45) is 4.66. The maximum atomic E-state index is 10.3. The van der Waals surface area contributed by atoms with Crippen molar-refractivity contribution >= 4 is 22.4 Å². The Morgan fingerprint density at radius 1 is 1.03 bits per heavy atom. The van der Waals surface area contributed by atoms with Crippen molar-refractivity contribution in [3.63, 3.8) is 0 Å². The van der Waals surface area contributed by atoms with E-state index in [4.69, 9.17) is 20.2 Å². The fraction of sp³-hybridized carbons (Fsp3) is 0.261. The van der Waals surface area contributed by atoms with Gasteiger partial charge < -0.3 is 25.2 Å². The maximum Gasteiger partial charge on any atom is 0.124 e. The Kier molecular flexibility index (Phi) is 6.20. The van der Waals surface area contributed by atoms with Gasteiger partial charge in [0.15, 0.2) is 0 Å². The first-order valence-electron chi connectivity index (χ1n) is 10.1. The first-order chi connectivity index (χ1) is 15.5. The molecule has 2 aromatic carbocycles. The van der Waals surface area contributed by atoms with Crippen molar-refractivity contribution in [3.8, 4) is 22.8 Å². The molecule has 0 saturated carbocycles. The topological polar surface area (TPSA) is 112 Å². The van der Waals surface area contributed by atoms with Crippen molar-refractivity contribution < 1.29 is 14.6 Å². The predicted molar refractivity (Wildman–Crippen MR) is 123 cm³/mol. The van der Waals surface area contributed by atoms with E-state index in [2.05, 4.69) is 10.1 Å². The lowest BCUT2D eigenvalue weighted by Crippen LogP contribution is -2.33. The van der Waals surface area contributed by atoms with E-state index in [0.29, 0.717) is 11.5 Å². The quantitative estimate of drug-likeness (QED) is 0.435. The number of nitrogens with zero attached hydrogens (tertiary/aromatic N) is 5. The molecule has 1 atom stereocenters. The summed E-state index contributed by atoms with van der Waals surface area (Å²) in [5.41, 5.74) is 10.5. The number of anilines is 2. The van der Waals surface area contributed by atoms with Crippen LogP contribution >= 0.6 is 0 Å². The van der Waals surface area contributed by atoms with Crippen LogP contribution in [-0.4, -0.2) is 58.3 Å². The number of methoxy groups -OCH3 is 2. The first-order valence-corrected chi connectivity index (χ1v) is 10.1. The summed E-state index contributed by atoms with van der Waals surface area (Å²) in [6.45, 7) is 0.421. The third-order valence-corrected chi connectivity index (χ3v) is 5.15. The molecule has 4 aromatic rings. The van der Waals surface area contributed by atoms with Crippen LogP contribution < -0.4 is 20.1 Å². The summed E-state index contributed by atoms with van der Waals surface area (Å²) in [5, 5.41) is 14.6. The Labute approximate surface area is 186 Å². The summed E-state index contributed by atoms with van der Waals surface area (Å²) in [5.74, 6) is 1.29. The van der Waals surface area contributed by atoms with Gasteiger partial charge in [-0.15, -0.1) is 0 Å². The van der Waals surface area contributed by atoms with Gasteiger partial charge in [0.2, 0.25) is 0 Å². The Morgan fingerprint density at radius 3 is 2.41 bits per heavy atom. The molecule has 0 fully saturated rings. The summed E-state index contributed by atoms with van der Waals surface area (Å²) < 4.78 is 12.6. The van der Waals surface area contributed by atoms with E-state index < -0.39 is 6.10 Å². The van der Waals surface area contributed by atoms with Crippen LogP contribution in [0.2, 0.25) is 0 Å². The Bertz CT molecular complexity index is 1200. The average Bonchev–Trinajstić information content (AvgIpc) is 3.27. The van der Waals surface area contributed by atoms with Gasteiger partial charge in [-0.2, -0.15) is 5.10 Å². The molecular weight excluding hydrogens is 408 g/mol. The average molecular weight is 435 g/mol. The minimum absolute atomic E-state index is 0.135. The number of aryl methyl sites for hydroxylation is 1. The molecule has 0 spiro atoms. The monoisotopic (exact) mass is 434 g/mol. The van der Waals surface area contributed by atoms with Crippen molar-refractivity contribution in [2.24, 2.45) is 12.8 Å². The van der Waals surface area contributed by atoms with Crippen LogP contribution in [0.5, 0.6) is 11.5 Å². The molecular formula is C23H26N6O3. The Morgan fingerprint density at radius 2 is 1.78 bits per heavy atom. The van der Waals surface area contributed by atoms with E-state index in [1.165, 1.54) is 0 Å². The maximum absolute atomic E-state index is 10.3. The van der Waals surface area contributed by atoms with Gasteiger partial charge in [-0.1, -0.05) is 0 Å². The number of aromatic nitrogens is 4. The second-order valence-corrected chi connectivity index (χ2v) is 7.40. The van der Waals surface area contributed by atoms with Crippen molar-refractivity contribution in [2.45, 2.75) is 6.10 Å². The fourth-order valence-electron chi connectivity index (χ4n) is 3.45. The molecule has 0 aliphatic carbocycles. The van der Waals surface area contributed by atoms with Crippen LogP contribution in [0.15, 0.2) is 55.0 Å². The summed E-state index contributed by atoms with van der Waals surface area (Å²) in [6, 6.07) is 11.4. The van der Waals surface area contributed by atoms with Gasteiger partial charge in [-0.25, -0.2) is 4.98 Å². The molecule has 0 aliphatic heterocycles. The van der Waals surface area contributed by atoms with Gasteiger partial charge in [0.1, 0.15) is 11.5 Å². The number of hydrogen-bond acceptors (Lipinski definition) is 8. The minimum Gasteiger partial charge on any atom is -0.497 e. The van der Waals surface area contributed by atoms with Crippen molar-refractivity contribution in [1.29, 1.82) is 0 Å². The fourth-order valence-corrected chi connectivity index (χ4v) is 3.45. The molecule has 1 unspecified atom stereocenters. The van der Waals surface area contributed by atoms with Crippen LogP contribution in [0.25, 0.3) is 22.3 Å². The lowest BCUT2D eigenvalue weighted by Gasteiger charge is -2.28. The zero-order valence-electron chi connectivity index (χ0n) is 18.3. The summed E-state index contributed by atoms with van der Waals surface area (Å²) in [4.78, 5) is 11.3. The third kappa shape index (κ3) is 4.48. The highest BCUT2D eigenvalue weighted by Gasteiger charge is 2.17. The highest BCUT2D eigenvalue weighted by Crippen LogP contribution is 2.34. The molecule has 166 valence electrons.